The van der Waals surface area contributed by atoms with E-state index in [0.29, 0.717) is 0 Å². The van der Waals surface area contributed by atoms with Crippen LogP contribution in [-0.2, 0) is 14.3 Å². The molecular weight excluding hydrogens is 292 g/mol. The Morgan fingerprint density at radius 3 is 2.09 bits per heavy atom. The van der Waals surface area contributed by atoms with Gasteiger partial charge in [0, 0.05) is 17.5 Å². The third-order valence-electron chi connectivity index (χ3n) is 4.20. The van der Waals surface area contributed by atoms with Crippen molar-refractivity contribution in [3.8, 4) is 11.1 Å². The van der Waals surface area contributed by atoms with Crippen LogP contribution in [0, 0.1) is 5.92 Å². The summed E-state index contributed by atoms with van der Waals surface area (Å²) in [5.41, 5.74) is 4.12. The van der Waals surface area contributed by atoms with Crippen LogP contribution in [0.2, 0.25) is 0 Å². The molecule has 0 aliphatic heterocycles. The van der Waals surface area contributed by atoms with Gasteiger partial charge in [-0.3, -0.25) is 9.59 Å². The number of aliphatic carboxylic acids is 1. The summed E-state index contributed by atoms with van der Waals surface area (Å²) in [5.74, 6) is -1.70. The van der Waals surface area contributed by atoms with Crippen LogP contribution in [0.25, 0.3) is 11.1 Å². The van der Waals surface area contributed by atoms with E-state index in [1.807, 2.05) is 48.5 Å². The molecule has 2 aromatic rings. The Hall–Kier alpha value is -2.62. The predicted molar refractivity (Wildman–Crippen MR) is 85.8 cm³/mol. The van der Waals surface area contributed by atoms with E-state index in [4.69, 9.17) is 9.84 Å². The minimum atomic E-state index is -0.902. The van der Waals surface area contributed by atoms with Crippen molar-refractivity contribution in [1.82, 2.24) is 0 Å². The highest BCUT2D eigenvalue weighted by Crippen LogP contribution is 2.45. The number of carboxylic acids is 1. The molecule has 1 atom stereocenters. The lowest BCUT2D eigenvalue weighted by molar-refractivity contribution is -0.152. The van der Waals surface area contributed by atoms with Crippen LogP contribution in [0.15, 0.2) is 48.5 Å². The van der Waals surface area contributed by atoms with Gasteiger partial charge in [0.25, 0.3) is 0 Å². The molecular formula is C19H18O4. The second-order valence-corrected chi connectivity index (χ2v) is 5.82. The average Bonchev–Trinajstić information content (AvgIpc) is 2.87. The Kier molecular flexibility index (Phi) is 4.15. The highest BCUT2D eigenvalue weighted by molar-refractivity contribution is 5.80. The van der Waals surface area contributed by atoms with Gasteiger partial charge in [-0.2, -0.15) is 0 Å². The quantitative estimate of drug-likeness (QED) is 0.853. The number of hydrogen-bond acceptors (Lipinski definition) is 3. The number of esters is 1. The zero-order valence-corrected chi connectivity index (χ0v) is 12.9. The van der Waals surface area contributed by atoms with E-state index >= 15 is 0 Å². The molecule has 1 N–H and O–H groups in total. The predicted octanol–water partition coefficient (Wildman–Crippen LogP) is 3.80. The summed E-state index contributed by atoms with van der Waals surface area (Å²) in [4.78, 5) is 23.0. The molecule has 1 aliphatic carbocycles. The Morgan fingerprint density at radius 1 is 1.04 bits per heavy atom. The fourth-order valence-electron chi connectivity index (χ4n) is 2.93. The van der Waals surface area contributed by atoms with Gasteiger partial charge < -0.3 is 9.84 Å². The summed E-state index contributed by atoms with van der Waals surface area (Å²) < 4.78 is 5.73. The normalized spacial score (nSPS) is 14.0. The molecule has 4 heteroatoms. The standard InChI is InChI=1S/C19H18O4/c1-12(10-11-17(20)21)19(22)23-18-15-8-4-2-6-13(15)14-7-3-5-9-16(14)18/h2-9,12,18H,10-11H2,1H3,(H,20,21). The lowest BCUT2D eigenvalue weighted by Crippen LogP contribution is -2.18. The molecule has 0 radical (unpaired) electrons. The number of carbonyl (C=O) groups is 2. The molecule has 0 spiro atoms. The van der Waals surface area contributed by atoms with Crippen LogP contribution in [0.4, 0.5) is 0 Å². The van der Waals surface area contributed by atoms with Crippen molar-refractivity contribution in [2.75, 3.05) is 0 Å². The fraction of sp³-hybridized carbons (Fsp3) is 0.263. The van der Waals surface area contributed by atoms with Crippen LogP contribution < -0.4 is 0 Å². The van der Waals surface area contributed by atoms with Gasteiger partial charge in [0.1, 0.15) is 0 Å². The molecule has 0 fully saturated rings. The van der Waals surface area contributed by atoms with Gasteiger partial charge in [0.05, 0.1) is 5.92 Å². The van der Waals surface area contributed by atoms with E-state index in [1.165, 1.54) is 0 Å². The number of fused-ring (bicyclic) bond motifs is 3. The van der Waals surface area contributed by atoms with E-state index in [0.717, 1.165) is 22.3 Å². The Labute approximate surface area is 134 Å². The topological polar surface area (TPSA) is 63.6 Å². The number of benzene rings is 2. The molecule has 0 bridgehead atoms. The summed E-state index contributed by atoms with van der Waals surface area (Å²) >= 11 is 0. The molecule has 23 heavy (non-hydrogen) atoms. The monoisotopic (exact) mass is 310 g/mol. The third kappa shape index (κ3) is 2.97. The molecule has 0 saturated carbocycles. The van der Waals surface area contributed by atoms with Crippen LogP contribution in [0.5, 0.6) is 0 Å². The molecule has 3 rings (SSSR count). The Balaban J connectivity index is 1.83. The Morgan fingerprint density at radius 2 is 1.57 bits per heavy atom. The van der Waals surface area contributed by atoms with Crippen molar-refractivity contribution >= 4 is 11.9 Å². The van der Waals surface area contributed by atoms with Crippen molar-refractivity contribution in [3.63, 3.8) is 0 Å². The third-order valence-corrected chi connectivity index (χ3v) is 4.20. The number of ether oxygens (including phenoxy) is 1. The first-order valence-electron chi connectivity index (χ1n) is 7.68. The molecule has 1 aliphatic rings. The van der Waals surface area contributed by atoms with Crippen molar-refractivity contribution < 1.29 is 19.4 Å². The zero-order valence-electron chi connectivity index (χ0n) is 12.9. The van der Waals surface area contributed by atoms with Crippen molar-refractivity contribution in [1.29, 1.82) is 0 Å². The second kappa shape index (κ2) is 6.24. The minimum absolute atomic E-state index is 0.0336. The van der Waals surface area contributed by atoms with Crippen LogP contribution in [-0.4, -0.2) is 17.0 Å². The van der Waals surface area contributed by atoms with E-state index < -0.39 is 18.0 Å². The van der Waals surface area contributed by atoms with E-state index in [2.05, 4.69) is 0 Å². The summed E-state index contributed by atoms with van der Waals surface area (Å²) in [6.07, 6.45) is -0.166. The lowest BCUT2D eigenvalue weighted by atomic mass is 10.0. The van der Waals surface area contributed by atoms with Gasteiger partial charge in [-0.25, -0.2) is 0 Å². The molecule has 0 saturated heterocycles. The van der Waals surface area contributed by atoms with Gasteiger partial charge in [-0.15, -0.1) is 0 Å². The number of rotatable bonds is 5. The molecule has 1 unspecified atom stereocenters. The number of hydrogen-bond donors (Lipinski definition) is 1. The lowest BCUT2D eigenvalue weighted by Gasteiger charge is -2.18. The van der Waals surface area contributed by atoms with Gasteiger partial charge >= 0.3 is 11.9 Å². The Bertz CT molecular complexity index is 705. The van der Waals surface area contributed by atoms with Crippen LogP contribution in [0.1, 0.15) is 37.0 Å². The maximum Gasteiger partial charge on any atom is 0.309 e. The number of carbonyl (C=O) groups excluding carboxylic acids is 1. The summed E-state index contributed by atoms with van der Waals surface area (Å²) in [6.45, 7) is 1.71. The largest absolute Gasteiger partial charge is 0.481 e. The summed E-state index contributed by atoms with van der Waals surface area (Å²) in [7, 11) is 0. The highest BCUT2D eigenvalue weighted by Gasteiger charge is 2.32. The first-order chi connectivity index (χ1) is 11.1. The highest BCUT2D eigenvalue weighted by atomic mass is 16.5. The molecule has 0 amide bonds. The maximum atomic E-state index is 12.3. The fourth-order valence-corrected chi connectivity index (χ4v) is 2.93. The molecule has 0 aromatic heterocycles. The second-order valence-electron chi connectivity index (χ2n) is 5.82. The van der Waals surface area contributed by atoms with Crippen LogP contribution >= 0.6 is 0 Å². The molecule has 4 nitrogen and oxygen atoms in total. The molecule has 2 aromatic carbocycles. The smallest absolute Gasteiger partial charge is 0.309 e. The van der Waals surface area contributed by atoms with Crippen molar-refractivity contribution in [2.45, 2.75) is 25.9 Å². The SMILES string of the molecule is CC(CCC(=O)O)C(=O)OC1c2ccccc2-c2ccccc21. The first-order valence-corrected chi connectivity index (χ1v) is 7.68. The molecule has 0 heterocycles. The van der Waals surface area contributed by atoms with Crippen molar-refractivity contribution in [2.24, 2.45) is 5.92 Å². The van der Waals surface area contributed by atoms with Crippen molar-refractivity contribution in [3.05, 3.63) is 59.7 Å². The van der Waals surface area contributed by atoms with E-state index in [-0.39, 0.29) is 18.8 Å². The van der Waals surface area contributed by atoms with Gasteiger partial charge in [-0.05, 0) is 17.5 Å². The zero-order chi connectivity index (χ0) is 16.4. The van der Waals surface area contributed by atoms with Crippen LogP contribution in [0.3, 0.4) is 0 Å². The average molecular weight is 310 g/mol. The summed E-state index contributed by atoms with van der Waals surface area (Å²) in [5, 5.41) is 8.74. The molecule has 118 valence electrons. The maximum absolute atomic E-state index is 12.3. The van der Waals surface area contributed by atoms with Gasteiger partial charge in [0.15, 0.2) is 6.10 Å². The first kappa shape index (κ1) is 15.3. The van der Waals surface area contributed by atoms with Gasteiger partial charge in [-0.1, -0.05) is 55.5 Å². The number of carboxylic acid groups (broad SMARTS) is 1. The van der Waals surface area contributed by atoms with E-state index in [1.54, 1.807) is 6.92 Å². The summed E-state index contributed by atoms with van der Waals surface area (Å²) in [6, 6.07) is 15.8. The minimum Gasteiger partial charge on any atom is -0.481 e. The van der Waals surface area contributed by atoms with Gasteiger partial charge in [0.2, 0.25) is 0 Å². The van der Waals surface area contributed by atoms with E-state index in [9.17, 15) is 9.59 Å².